The van der Waals surface area contributed by atoms with E-state index < -0.39 is 5.97 Å². The molecule has 7 heteroatoms. The van der Waals surface area contributed by atoms with E-state index in [2.05, 4.69) is 20.9 Å². The summed E-state index contributed by atoms with van der Waals surface area (Å²) in [6.45, 7) is 7.52. The molecule has 1 amide bonds. The third-order valence-electron chi connectivity index (χ3n) is 5.07. The fourth-order valence-electron chi connectivity index (χ4n) is 3.53. The Balaban J connectivity index is 1.67. The number of aromatic nitrogens is 2. The number of hydrogen-bond acceptors (Lipinski definition) is 5. The topological polar surface area (TPSA) is 78.5 Å². The molecule has 1 aliphatic heterocycles. The van der Waals surface area contributed by atoms with Crippen LogP contribution >= 0.6 is 0 Å². The number of rotatable bonds is 5. The predicted octanol–water partition coefficient (Wildman–Crippen LogP) is 2.03. The molecule has 3 rings (SSSR count). The van der Waals surface area contributed by atoms with Crippen molar-refractivity contribution in [2.45, 2.75) is 26.8 Å². The van der Waals surface area contributed by atoms with Gasteiger partial charge in [0.15, 0.2) is 0 Å². The van der Waals surface area contributed by atoms with Crippen LogP contribution in [0.15, 0.2) is 24.5 Å². The largest absolute Gasteiger partial charge is 0.465 e. The summed E-state index contributed by atoms with van der Waals surface area (Å²) < 4.78 is 4.87. The zero-order valence-corrected chi connectivity index (χ0v) is 16.1. The first kappa shape index (κ1) is 19.1. The first-order chi connectivity index (χ1) is 13.0. The summed E-state index contributed by atoms with van der Waals surface area (Å²) in [6.07, 6.45) is 4.28. The van der Waals surface area contributed by atoms with Gasteiger partial charge in [0, 0.05) is 50.8 Å². The van der Waals surface area contributed by atoms with E-state index >= 15 is 0 Å². The highest BCUT2D eigenvalue weighted by atomic mass is 16.5. The number of aromatic amines is 1. The first-order valence-corrected chi connectivity index (χ1v) is 9.25. The molecule has 1 fully saturated rings. The molecule has 144 valence electrons. The van der Waals surface area contributed by atoms with E-state index in [0.717, 1.165) is 25.3 Å². The van der Waals surface area contributed by atoms with Crippen molar-refractivity contribution in [3.05, 3.63) is 52.6 Å². The number of methoxy groups -OCH3 is 1. The van der Waals surface area contributed by atoms with Crippen LogP contribution < -0.4 is 0 Å². The lowest BCUT2D eigenvalue weighted by atomic mass is 10.1. The maximum atomic E-state index is 13.0. The van der Waals surface area contributed by atoms with Crippen molar-refractivity contribution >= 4 is 11.9 Å². The van der Waals surface area contributed by atoms with Gasteiger partial charge in [0.05, 0.1) is 12.7 Å². The Kier molecular flexibility index (Phi) is 5.91. The monoisotopic (exact) mass is 370 g/mol. The minimum atomic E-state index is -0.402. The minimum Gasteiger partial charge on any atom is -0.465 e. The molecule has 0 aromatic carbocycles. The van der Waals surface area contributed by atoms with Gasteiger partial charge in [-0.2, -0.15) is 0 Å². The summed E-state index contributed by atoms with van der Waals surface area (Å²) >= 11 is 0. The molecule has 2 aromatic rings. The highest BCUT2D eigenvalue weighted by Crippen LogP contribution is 2.22. The van der Waals surface area contributed by atoms with E-state index in [1.807, 2.05) is 24.1 Å². The van der Waals surface area contributed by atoms with Crippen LogP contribution in [0.25, 0.3) is 0 Å². The molecule has 1 saturated heterocycles. The van der Waals surface area contributed by atoms with Crippen LogP contribution in [0.5, 0.6) is 0 Å². The van der Waals surface area contributed by atoms with Crippen molar-refractivity contribution in [1.29, 1.82) is 0 Å². The van der Waals surface area contributed by atoms with E-state index in [-0.39, 0.29) is 5.91 Å². The summed E-state index contributed by atoms with van der Waals surface area (Å²) in [6, 6.07) is 4.00. The third kappa shape index (κ3) is 4.03. The van der Waals surface area contributed by atoms with Crippen LogP contribution in [0.3, 0.4) is 0 Å². The number of pyridine rings is 1. The van der Waals surface area contributed by atoms with E-state index in [4.69, 9.17) is 4.74 Å². The maximum Gasteiger partial charge on any atom is 0.339 e. The quantitative estimate of drug-likeness (QED) is 0.815. The van der Waals surface area contributed by atoms with Crippen LogP contribution in [-0.2, 0) is 17.7 Å². The third-order valence-corrected chi connectivity index (χ3v) is 5.07. The normalized spacial score (nSPS) is 15.0. The molecule has 2 aromatic heterocycles. The number of aryl methyl sites for hydroxylation is 1. The van der Waals surface area contributed by atoms with Crippen molar-refractivity contribution in [2.24, 2.45) is 0 Å². The van der Waals surface area contributed by atoms with Gasteiger partial charge in [0.2, 0.25) is 0 Å². The number of hydrogen-bond donors (Lipinski definition) is 1. The minimum absolute atomic E-state index is 0.0571. The molecule has 0 unspecified atom stereocenters. The number of piperazine rings is 1. The fraction of sp³-hybridized carbons (Fsp3) is 0.450. The van der Waals surface area contributed by atoms with Gasteiger partial charge in [-0.15, -0.1) is 0 Å². The molecule has 1 aliphatic rings. The highest BCUT2D eigenvalue weighted by molar-refractivity contribution is 6.00. The van der Waals surface area contributed by atoms with Crippen LogP contribution in [0.2, 0.25) is 0 Å². The van der Waals surface area contributed by atoms with Crippen LogP contribution in [0.4, 0.5) is 0 Å². The van der Waals surface area contributed by atoms with E-state index in [9.17, 15) is 9.59 Å². The van der Waals surface area contributed by atoms with Crippen molar-refractivity contribution in [3.63, 3.8) is 0 Å². The molecule has 1 N–H and O–H groups in total. The molecule has 0 aliphatic carbocycles. The second-order valence-corrected chi connectivity index (χ2v) is 6.75. The Morgan fingerprint density at radius 2 is 2.00 bits per heavy atom. The molecule has 0 spiro atoms. The van der Waals surface area contributed by atoms with E-state index in [0.29, 0.717) is 36.3 Å². The number of carbonyl (C=O) groups is 2. The van der Waals surface area contributed by atoms with Crippen molar-refractivity contribution in [2.75, 3.05) is 33.3 Å². The first-order valence-electron chi connectivity index (χ1n) is 9.25. The highest BCUT2D eigenvalue weighted by Gasteiger charge is 2.28. The van der Waals surface area contributed by atoms with E-state index in [1.165, 1.54) is 12.7 Å². The van der Waals surface area contributed by atoms with Crippen molar-refractivity contribution in [3.8, 4) is 0 Å². The Bertz CT molecular complexity index is 808. The van der Waals surface area contributed by atoms with Crippen LogP contribution in [0, 0.1) is 6.92 Å². The summed E-state index contributed by atoms with van der Waals surface area (Å²) in [5, 5.41) is 0. The molecule has 7 nitrogen and oxygen atoms in total. The van der Waals surface area contributed by atoms with Gasteiger partial charge in [-0.3, -0.25) is 14.7 Å². The maximum absolute atomic E-state index is 13.0. The number of H-pyrrole nitrogens is 1. The second-order valence-electron chi connectivity index (χ2n) is 6.75. The average molecular weight is 370 g/mol. The average Bonchev–Trinajstić information content (AvgIpc) is 3.04. The zero-order chi connectivity index (χ0) is 19.4. The zero-order valence-electron chi connectivity index (χ0n) is 16.1. The smallest absolute Gasteiger partial charge is 0.339 e. The lowest BCUT2D eigenvalue weighted by Crippen LogP contribution is -2.48. The van der Waals surface area contributed by atoms with Crippen LogP contribution in [0.1, 0.15) is 44.6 Å². The predicted molar refractivity (Wildman–Crippen MR) is 102 cm³/mol. The fourth-order valence-corrected chi connectivity index (χ4v) is 3.53. The number of nitrogens with zero attached hydrogens (tertiary/aromatic N) is 3. The number of esters is 1. The SMILES string of the molecule is CCc1[nH]c(C(=O)N2CCN(Cc3cccnc3)CC2)c(C)c1C(=O)OC. The summed E-state index contributed by atoms with van der Waals surface area (Å²) in [7, 11) is 1.36. The molecule has 0 bridgehead atoms. The Labute approximate surface area is 159 Å². The number of amides is 1. The van der Waals surface area contributed by atoms with Crippen molar-refractivity contribution < 1.29 is 14.3 Å². The summed E-state index contributed by atoms with van der Waals surface area (Å²) in [4.78, 5) is 36.5. The Morgan fingerprint density at radius 1 is 1.26 bits per heavy atom. The van der Waals surface area contributed by atoms with Gasteiger partial charge in [0.1, 0.15) is 5.69 Å². The van der Waals surface area contributed by atoms with Gasteiger partial charge in [-0.05, 0) is 30.5 Å². The van der Waals surface area contributed by atoms with Gasteiger partial charge in [-0.25, -0.2) is 4.79 Å². The molecule has 27 heavy (non-hydrogen) atoms. The van der Waals surface area contributed by atoms with Crippen molar-refractivity contribution in [1.82, 2.24) is 19.8 Å². The Hall–Kier alpha value is -2.67. The second kappa shape index (κ2) is 8.35. The molecule has 0 atom stereocenters. The molecular weight excluding hydrogens is 344 g/mol. The number of carbonyl (C=O) groups excluding carboxylic acids is 2. The van der Waals surface area contributed by atoms with Gasteiger partial charge in [0.25, 0.3) is 5.91 Å². The number of ether oxygens (including phenoxy) is 1. The standard InChI is InChI=1S/C20H26N4O3/c1-4-16-17(20(26)27-3)14(2)18(22-16)19(25)24-10-8-23(9-11-24)13-15-6-5-7-21-12-15/h5-7,12,22H,4,8-11,13H2,1-3H3. The molecular formula is C20H26N4O3. The summed E-state index contributed by atoms with van der Waals surface area (Å²) in [5.74, 6) is -0.459. The lowest BCUT2D eigenvalue weighted by Gasteiger charge is -2.34. The lowest BCUT2D eigenvalue weighted by molar-refractivity contribution is 0.0599. The van der Waals surface area contributed by atoms with Gasteiger partial charge < -0.3 is 14.6 Å². The molecule has 0 saturated carbocycles. The van der Waals surface area contributed by atoms with E-state index in [1.54, 1.807) is 13.1 Å². The van der Waals surface area contributed by atoms with Crippen LogP contribution in [-0.4, -0.2) is 64.9 Å². The molecule has 0 radical (unpaired) electrons. The van der Waals surface area contributed by atoms with Gasteiger partial charge >= 0.3 is 5.97 Å². The summed E-state index contributed by atoms with van der Waals surface area (Å²) in [5.41, 5.74) is 3.57. The Morgan fingerprint density at radius 3 is 2.59 bits per heavy atom. The van der Waals surface area contributed by atoms with Gasteiger partial charge in [-0.1, -0.05) is 13.0 Å². The number of nitrogens with one attached hydrogen (secondary N) is 1. The molecule has 3 heterocycles.